The lowest BCUT2D eigenvalue weighted by molar-refractivity contribution is 0.0340. The minimum absolute atomic E-state index is 0.366. The average Bonchev–Trinajstić information content (AvgIpc) is 2.98. The second-order valence-corrected chi connectivity index (χ2v) is 11.4. The molecule has 0 amide bonds. The number of aromatic hydroxyl groups is 2. The molecule has 0 unspecified atom stereocenters. The highest BCUT2D eigenvalue weighted by Crippen LogP contribution is 2.30. The maximum atomic E-state index is 10.9. The van der Waals surface area contributed by atoms with Gasteiger partial charge < -0.3 is 15.3 Å². The summed E-state index contributed by atoms with van der Waals surface area (Å²) in [6.45, 7) is 10.3. The number of rotatable bonds is 8. The van der Waals surface area contributed by atoms with Gasteiger partial charge in [-0.1, -0.05) is 60.7 Å². The van der Waals surface area contributed by atoms with Gasteiger partial charge in [0.15, 0.2) is 0 Å². The van der Waals surface area contributed by atoms with Crippen molar-refractivity contribution in [1.29, 1.82) is 0 Å². The van der Waals surface area contributed by atoms with E-state index in [-0.39, 0.29) is 6.10 Å². The van der Waals surface area contributed by atoms with Crippen LogP contribution in [-0.4, -0.2) is 106 Å². The molecule has 40 heavy (non-hydrogen) atoms. The number of nitrogens with zero attached hydrogens (tertiary/aromatic N) is 4. The smallest absolute Gasteiger partial charge is 0.120 e. The Morgan fingerprint density at radius 1 is 0.500 bits per heavy atom. The Morgan fingerprint density at radius 3 is 1.30 bits per heavy atom. The van der Waals surface area contributed by atoms with E-state index in [9.17, 15) is 15.3 Å². The van der Waals surface area contributed by atoms with Crippen LogP contribution < -0.4 is 0 Å². The molecule has 0 saturated carbocycles. The van der Waals surface area contributed by atoms with Crippen LogP contribution in [0.2, 0.25) is 0 Å². The molecule has 4 aromatic carbocycles. The molecule has 2 aliphatic rings. The van der Waals surface area contributed by atoms with Gasteiger partial charge >= 0.3 is 0 Å². The van der Waals surface area contributed by atoms with Crippen molar-refractivity contribution in [3.63, 3.8) is 0 Å². The van der Waals surface area contributed by atoms with E-state index in [4.69, 9.17) is 0 Å². The lowest BCUT2D eigenvalue weighted by atomic mass is 10.0. The van der Waals surface area contributed by atoms with Crippen molar-refractivity contribution in [2.24, 2.45) is 0 Å². The maximum Gasteiger partial charge on any atom is 0.120 e. The van der Waals surface area contributed by atoms with Crippen LogP contribution in [-0.2, 0) is 13.1 Å². The first-order chi connectivity index (χ1) is 19.5. The first-order valence-electron chi connectivity index (χ1n) is 14.5. The molecule has 2 saturated heterocycles. The molecular formula is C33H40N4O3. The molecule has 4 aromatic rings. The standard InChI is InChI=1S/C33H40N4O3/c38-27(21-34-13-17-36(18-14-34)23-30-28-7-3-1-5-25(28)9-11-32(30)39)22-35-15-19-37(20-16-35)24-31-29-8-4-2-6-26(29)10-12-33(31)40/h1-12,27,38-40H,13-24H2. The Hall–Kier alpha value is -3.20. The molecule has 2 aliphatic heterocycles. The van der Waals surface area contributed by atoms with E-state index < -0.39 is 0 Å². The fraction of sp³-hybridized carbons (Fsp3) is 0.394. The lowest BCUT2D eigenvalue weighted by Gasteiger charge is -2.38. The highest BCUT2D eigenvalue weighted by molar-refractivity contribution is 5.88. The van der Waals surface area contributed by atoms with E-state index in [1.54, 1.807) is 12.1 Å². The molecule has 6 rings (SSSR count). The number of phenolic OH excluding ortho intramolecular Hbond substituents is 2. The van der Waals surface area contributed by atoms with Crippen molar-refractivity contribution in [1.82, 2.24) is 19.6 Å². The third-order valence-electron chi connectivity index (χ3n) is 8.66. The van der Waals surface area contributed by atoms with Gasteiger partial charge in [0, 0.05) is 89.7 Å². The number of piperazine rings is 2. The van der Waals surface area contributed by atoms with Crippen LogP contribution in [0.4, 0.5) is 0 Å². The summed E-state index contributed by atoms with van der Waals surface area (Å²) in [5.41, 5.74) is 2.00. The maximum absolute atomic E-state index is 10.9. The number of fused-ring (bicyclic) bond motifs is 2. The monoisotopic (exact) mass is 540 g/mol. The topological polar surface area (TPSA) is 73.7 Å². The van der Waals surface area contributed by atoms with Crippen molar-refractivity contribution in [2.75, 3.05) is 65.4 Å². The van der Waals surface area contributed by atoms with Crippen molar-refractivity contribution >= 4 is 21.5 Å². The number of hydrogen-bond donors (Lipinski definition) is 3. The van der Waals surface area contributed by atoms with Gasteiger partial charge in [-0.3, -0.25) is 19.6 Å². The van der Waals surface area contributed by atoms with Gasteiger partial charge in [-0.2, -0.15) is 0 Å². The zero-order chi connectivity index (χ0) is 27.5. The molecule has 2 fully saturated rings. The first kappa shape index (κ1) is 27.0. The summed E-state index contributed by atoms with van der Waals surface area (Å²) in [6, 6.07) is 24.0. The van der Waals surface area contributed by atoms with E-state index in [1.807, 2.05) is 36.4 Å². The van der Waals surface area contributed by atoms with E-state index in [1.165, 1.54) is 0 Å². The summed E-state index contributed by atoms with van der Waals surface area (Å²) in [6.07, 6.45) is -0.373. The molecule has 7 nitrogen and oxygen atoms in total. The highest BCUT2D eigenvalue weighted by atomic mass is 16.3. The van der Waals surface area contributed by atoms with Crippen LogP contribution in [0.25, 0.3) is 21.5 Å². The lowest BCUT2D eigenvalue weighted by Crippen LogP contribution is -2.52. The van der Waals surface area contributed by atoms with Crippen LogP contribution in [0.1, 0.15) is 11.1 Å². The molecule has 0 spiro atoms. The largest absolute Gasteiger partial charge is 0.508 e. The van der Waals surface area contributed by atoms with Crippen LogP contribution >= 0.6 is 0 Å². The summed E-state index contributed by atoms with van der Waals surface area (Å²) < 4.78 is 0. The molecule has 210 valence electrons. The molecule has 0 radical (unpaired) electrons. The fourth-order valence-electron chi connectivity index (χ4n) is 6.34. The third kappa shape index (κ3) is 6.09. The molecule has 3 N–H and O–H groups in total. The van der Waals surface area contributed by atoms with Crippen LogP contribution in [0.3, 0.4) is 0 Å². The van der Waals surface area contributed by atoms with Gasteiger partial charge in [-0.15, -0.1) is 0 Å². The second kappa shape index (κ2) is 12.1. The predicted octanol–water partition coefficient (Wildman–Crippen LogP) is 3.70. The van der Waals surface area contributed by atoms with Crippen LogP contribution in [0.15, 0.2) is 72.8 Å². The van der Waals surface area contributed by atoms with Crippen molar-refractivity contribution in [3.8, 4) is 11.5 Å². The van der Waals surface area contributed by atoms with E-state index in [2.05, 4.69) is 43.9 Å². The Labute approximate surface area is 236 Å². The van der Waals surface area contributed by atoms with Gasteiger partial charge in [0.05, 0.1) is 6.10 Å². The van der Waals surface area contributed by atoms with Crippen molar-refractivity contribution < 1.29 is 15.3 Å². The van der Waals surface area contributed by atoms with Crippen LogP contribution in [0.5, 0.6) is 11.5 Å². The molecule has 2 heterocycles. The fourth-order valence-corrected chi connectivity index (χ4v) is 6.34. The van der Waals surface area contributed by atoms with E-state index >= 15 is 0 Å². The molecule has 0 aromatic heterocycles. The number of aliphatic hydroxyl groups is 1. The predicted molar refractivity (Wildman–Crippen MR) is 161 cm³/mol. The van der Waals surface area contributed by atoms with Gasteiger partial charge in [-0.05, 0) is 33.7 Å². The van der Waals surface area contributed by atoms with Gasteiger partial charge in [0.1, 0.15) is 11.5 Å². The Bertz CT molecular complexity index is 1340. The molecule has 0 aliphatic carbocycles. The number of hydrogen-bond acceptors (Lipinski definition) is 7. The minimum Gasteiger partial charge on any atom is -0.508 e. The molecule has 0 bridgehead atoms. The van der Waals surface area contributed by atoms with Crippen molar-refractivity contribution in [3.05, 3.63) is 83.9 Å². The van der Waals surface area contributed by atoms with Gasteiger partial charge in [0.25, 0.3) is 0 Å². The second-order valence-electron chi connectivity index (χ2n) is 11.4. The minimum atomic E-state index is -0.373. The number of β-amino-alcohol motifs (C(OH)–C–C–N with tert-alkyl or cyclic N) is 1. The number of benzene rings is 4. The van der Waals surface area contributed by atoms with Gasteiger partial charge in [-0.25, -0.2) is 0 Å². The van der Waals surface area contributed by atoms with Crippen LogP contribution in [0, 0.1) is 0 Å². The Morgan fingerprint density at radius 2 is 0.875 bits per heavy atom. The Balaban J connectivity index is 0.949. The first-order valence-corrected chi connectivity index (χ1v) is 14.5. The average molecular weight is 541 g/mol. The Kier molecular flexibility index (Phi) is 8.18. The highest BCUT2D eigenvalue weighted by Gasteiger charge is 2.24. The molecule has 7 heteroatoms. The van der Waals surface area contributed by atoms with E-state index in [0.29, 0.717) is 24.6 Å². The quantitative estimate of drug-likeness (QED) is 0.315. The summed E-state index contributed by atoms with van der Waals surface area (Å²) in [4.78, 5) is 9.53. The zero-order valence-corrected chi connectivity index (χ0v) is 23.1. The number of aliphatic hydroxyl groups excluding tert-OH is 1. The molecular weight excluding hydrogens is 500 g/mol. The summed E-state index contributed by atoms with van der Waals surface area (Å²) in [7, 11) is 0. The normalized spacial score (nSPS) is 18.2. The summed E-state index contributed by atoms with van der Waals surface area (Å²) >= 11 is 0. The third-order valence-corrected chi connectivity index (χ3v) is 8.66. The SMILES string of the molecule is Oc1ccc2ccccc2c1CN1CCN(CC(O)CN2CCN(Cc3c(O)ccc4ccccc34)CC2)CC1. The van der Waals surface area contributed by atoms with Gasteiger partial charge in [0.2, 0.25) is 0 Å². The van der Waals surface area contributed by atoms with E-state index in [0.717, 1.165) is 98.1 Å². The molecule has 0 atom stereocenters. The zero-order valence-electron chi connectivity index (χ0n) is 23.1. The number of phenols is 2. The summed E-state index contributed by atoms with van der Waals surface area (Å²) in [5.74, 6) is 0.733. The van der Waals surface area contributed by atoms with Crippen molar-refractivity contribution in [2.45, 2.75) is 19.2 Å². The summed E-state index contributed by atoms with van der Waals surface area (Å²) in [5, 5.41) is 36.5.